The predicted octanol–water partition coefficient (Wildman–Crippen LogP) is 2.95. The van der Waals surface area contributed by atoms with Gasteiger partial charge in [-0.05, 0) is 44.1 Å². The largest absolute Gasteiger partial charge is 0.445 e. The summed E-state index contributed by atoms with van der Waals surface area (Å²) >= 11 is 0. The van der Waals surface area contributed by atoms with E-state index in [0.29, 0.717) is 19.1 Å². The number of aldehydes is 1. The fourth-order valence-electron chi connectivity index (χ4n) is 3.02. The number of alkyl carbamates (subject to hydrolysis) is 1. The highest BCUT2D eigenvalue weighted by Gasteiger charge is 2.30. The van der Waals surface area contributed by atoms with E-state index in [2.05, 4.69) is 16.0 Å². The molecule has 0 spiro atoms. The van der Waals surface area contributed by atoms with Gasteiger partial charge in [0.1, 0.15) is 25.0 Å². The van der Waals surface area contributed by atoms with Crippen molar-refractivity contribution in [3.63, 3.8) is 0 Å². The molecule has 2 atom stereocenters. The van der Waals surface area contributed by atoms with E-state index in [1.54, 1.807) is 13.8 Å². The van der Waals surface area contributed by atoms with Crippen LogP contribution in [0, 0.1) is 11.8 Å². The maximum absolute atomic E-state index is 13.0. The summed E-state index contributed by atoms with van der Waals surface area (Å²) in [6, 6.07) is 7.53. The van der Waals surface area contributed by atoms with Gasteiger partial charge in [0.15, 0.2) is 0 Å². The number of nitrogens with one attached hydrogen (secondary N) is 3. The highest BCUT2D eigenvalue weighted by molar-refractivity contribution is 5.92. The van der Waals surface area contributed by atoms with Crippen molar-refractivity contribution in [2.45, 2.75) is 78.6 Å². The average molecular weight is 448 g/mol. The summed E-state index contributed by atoms with van der Waals surface area (Å²) < 4.78 is 5.24. The van der Waals surface area contributed by atoms with Gasteiger partial charge in [-0.15, -0.1) is 0 Å². The molecule has 0 saturated carbocycles. The molecule has 0 aliphatic carbocycles. The summed E-state index contributed by atoms with van der Waals surface area (Å²) in [6.45, 7) is 11.0. The van der Waals surface area contributed by atoms with Gasteiger partial charge < -0.3 is 25.5 Å². The molecule has 32 heavy (non-hydrogen) atoms. The predicted molar refractivity (Wildman–Crippen MR) is 123 cm³/mol. The molecule has 0 aliphatic heterocycles. The maximum atomic E-state index is 13.0. The number of carbonyl (C=O) groups excluding carboxylic acids is 4. The zero-order valence-electron chi connectivity index (χ0n) is 19.9. The number of hydrogen-bond donors (Lipinski definition) is 3. The van der Waals surface area contributed by atoms with E-state index in [0.717, 1.165) is 5.56 Å². The van der Waals surface area contributed by atoms with Crippen molar-refractivity contribution in [3.8, 4) is 0 Å². The molecule has 1 aromatic carbocycles. The van der Waals surface area contributed by atoms with Gasteiger partial charge >= 0.3 is 6.09 Å². The Morgan fingerprint density at radius 1 is 0.906 bits per heavy atom. The van der Waals surface area contributed by atoms with Gasteiger partial charge in [-0.1, -0.05) is 58.0 Å². The van der Waals surface area contributed by atoms with E-state index >= 15 is 0 Å². The number of ether oxygens (including phenoxy) is 1. The quantitative estimate of drug-likeness (QED) is 0.426. The zero-order valence-corrected chi connectivity index (χ0v) is 19.9. The first kappa shape index (κ1) is 27.1. The van der Waals surface area contributed by atoms with E-state index in [1.165, 1.54) is 0 Å². The minimum Gasteiger partial charge on any atom is -0.445 e. The first-order chi connectivity index (χ1) is 14.9. The van der Waals surface area contributed by atoms with Crippen molar-refractivity contribution in [2.24, 2.45) is 11.8 Å². The van der Waals surface area contributed by atoms with Crippen molar-refractivity contribution in [2.75, 3.05) is 0 Å². The molecule has 8 heteroatoms. The van der Waals surface area contributed by atoms with Crippen LogP contribution < -0.4 is 16.0 Å². The number of amides is 3. The van der Waals surface area contributed by atoms with E-state index in [-0.39, 0.29) is 18.4 Å². The van der Waals surface area contributed by atoms with Crippen LogP contribution in [0.2, 0.25) is 0 Å². The SMILES string of the molecule is CC(C)C[C@H](NC(=O)OCc1ccccc1)C(=O)N[C@@H](CC(C)C)C(=O)NC(C)(C)C=O. The lowest BCUT2D eigenvalue weighted by Gasteiger charge is -2.27. The van der Waals surface area contributed by atoms with E-state index < -0.39 is 35.5 Å². The van der Waals surface area contributed by atoms with Crippen LogP contribution >= 0.6 is 0 Å². The molecular weight excluding hydrogens is 410 g/mol. The minimum absolute atomic E-state index is 0.0852. The maximum Gasteiger partial charge on any atom is 0.408 e. The van der Waals surface area contributed by atoms with Gasteiger partial charge in [0.25, 0.3) is 0 Å². The smallest absolute Gasteiger partial charge is 0.408 e. The van der Waals surface area contributed by atoms with Crippen LogP contribution in [0.1, 0.15) is 59.9 Å². The highest BCUT2D eigenvalue weighted by atomic mass is 16.5. The molecule has 0 radical (unpaired) electrons. The van der Waals surface area contributed by atoms with Crippen LogP contribution in [0.15, 0.2) is 30.3 Å². The lowest BCUT2D eigenvalue weighted by atomic mass is 9.99. The summed E-state index contributed by atoms with van der Waals surface area (Å²) in [5.41, 5.74) is -0.215. The number of benzene rings is 1. The molecule has 3 N–H and O–H groups in total. The summed E-state index contributed by atoms with van der Waals surface area (Å²) in [5.74, 6) is -0.677. The summed E-state index contributed by atoms with van der Waals surface area (Å²) in [6.07, 6.45) is 0.702. The molecule has 0 unspecified atom stereocenters. The van der Waals surface area contributed by atoms with Crippen LogP contribution in [0.3, 0.4) is 0 Å². The van der Waals surface area contributed by atoms with Crippen molar-refractivity contribution in [3.05, 3.63) is 35.9 Å². The zero-order chi connectivity index (χ0) is 24.3. The summed E-state index contributed by atoms with van der Waals surface area (Å²) in [7, 11) is 0. The number of carbonyl (C=O) groups is 4. The molecule has 8 nitrogen and oxygen atoms in total. The van der Waals surface area contributed by atoms with Gasteiger partial charge in [-0.3, -0.25) is 9.59 Å². The Balaban J connectivity index is 2.84. The second-order valence-corrected chi connectivity index (χ2v) is 9.41. The number of hydrogen-bond acceptors (Lipinski definition) is 5. The third-order valence-electron chi connectivity index (χ3n) is 4.61. The topological polar surface area (TPSA) is 114 Å². The van der Waals surface area contributed by atoms with Gasteiger partial charge in [0, 0.05) is 0 Å². The van der Waals surface area contributed by atoms with Crippen LogP contribution in [0.25, 0.3) is 0 Å². The molecule has 0 bridgehead atoms. The molecule has 0 saturated heterocycles. The minimum atomic E-state index is -1.05. The fraction of sp³-hybridized carbons (Fsp3) is 0.583. The van der Waals surface area contributed by atoms with Crippen LogP contribution in [0.4, 0.5) is 4.79 Å². The Hall–Kier alpha value is -2.90. The Kier molecular flexibility index (Phi) is 10.9. The summed E-state index contributed by atoms with van der Waals surface area (Å²) in [5, 5.41) is 8.00. The lowest BCUT2D eigenvalue weighted by Crippen LogP contribution is -2.57. The Morgan fingerprint density at radius 3 is 1.94 bits per heavy atom. The van der Waals surface area contributed by atoms with Crippen LogP contribution in [-0.2, 0) is 25.7 Å². The molecule has 178 valence electrons. The Bertz CT molecular complexity index is 762. The molecule has 0 heterocycles. The van der Waals surface area contributed by atoms with Crippen LogP contribution in [-0.4, -0.2) is 41.8 Å². The molecule has 0 aromatic heterocycles. The van der Waals surface area contributed by atoms with Gasteiger partial charge in [0.2, 0.25) is 11.8 Å². The van der Waals surface area contributed by atoms with Gasteiger partial charge in [-0.2, -0.15) is 0 Å². The van der Waals surface area contributed by atoms with Gasteiger partial charge in [0.05, 0.1) is 5.54 Å². The third-order valence-corrected chi connectivity index (χ3v) is 4.61. The monoisotopic (exact) mass is 447 g/mol. The number of rotatable bonds is 12. The van der Waals surface area contributed by atoms with Crippen molar-refractivity contribution in [1.82, 2.24) is 16.0 Å². The highest BCUT2D eigenvalue weighted by Crippen LogP contribution is 2.11. The van der Waals surface area contributed by atoms with E-state index in [1.807, 2.05) is 58.0 Å². The standard InChI is InChI=1S/C24H37N3O5/c1-16(2)12-19(26-23(31)32-14-18-10-8-7-9-11-18)21(29)25-20(13-17(3)4)22(30)27-24(5,6)15-28/h7-11,15-17,19-20H,12-14H2,1-6H3,(H,25,29)(H,26,31)(H,27,30)/t19-,20-/m0/s1. The molecule has 3 amide bonds. The molecule has 0 aliphatic rings. The average Bonchev–Trinajstić information content (AvgIpc) is 2.71. The van der Waals surface area contributed by atoms with E-state index in [9.17, 15) is 19.2 Å². The summed E-state index contributed by atoms with van der Waals surface area (Å²) in [4.78, 5) is 49.2. The lowest BCUT2D eigenvalue weighted by molar-refractivity contribution is -0.132. The van der Waals surface area contributed by atoms with Crippen molar-refractivity contribution < 1.29 is 23.9 Å². The van der Waals surface area contributed by atoms with Crippen molar-refractivity contribution >= 4 is 24.2 Å². The Morgan fingerprint density at radius 2 is 1.44 bits per heavy atom. The van der Waals surface area contributed by atoms with E-state index in [4.69, 9.17) is 4.74 Å². The molecule has 0 fully saturated rings. The first-order valence-electron chi connectivity index (χ1n) is 11.0. The van der Waals surface area contributed by atoms with Crippen molar-refractivity contribution in [1.29, 1.82) is 0 Å². The Labute approximate surface area is 190 Å². The molecular formula is C24H37N3O5. The normalized spacial score (nSPS) is 13.2. The van der Waals surface area contributed by atoms with Crippen LogP contribution in [0.5, 0.6) is 0 Å². The second kappa shape index (κ2) is 12.8. The molecule has 1 rings (SSSR count). The van der Waals surface area contributed by atoms with Gasteiger partial charge in [-0.25, -0.2) is 4.79 Å². The second-order valence-electron chi connectivity index (χ2n) is 9.41. The third kappa shape index (κ3) is 10.4. The fourth-order valence-corrected chi connectivity index (χ4v) is 3.02. The first-order valence-corrected chi connectivity index (χ1v) is 11.0. The molecule has 1 aromatic rings.